The van der Waals surface area contributed by atoms with Gasteiger partial charge in [-0.15, -0.1) is 11.3 Å². The zero-order chi connectivity index (χ0) is 17.5. The van der Waals surface area contributed by atoms with E-state index < -0.39 is 0 Å². The number of carbonyl (C=O) groups excluding carboxylic acids is 1. The number of amides is 1. The minimum Gasteiger partial charge on any atom is -0.489 e. The number of nitrogens with zero attached hydrogens (tertiary/aromatic N) is 2. The first-order chi connectivity index (χ1) is 12.2. The molecule has 5 nitrogen and oxygen atoms in total. The van der Waals surface area contributed by atoms with Gasteiger partial charge in [-0.1, -0.05) is 0 Å². The summed E-state index contributed by atoms with van der Waals surface area (Å²) in [5.74, 6) is 0.795. The minimum absolute atomic E-state index is 0.0430. The molecule has 0 aliphatic rings. The van der Waals surface area contributed by atoms with E-state index in [1.165, 1.54) is 9.75 Å². The van der Waals surface area contributed by atoms with E-state index in [0.717, 1.165) is 30.8 Å². The predicted octanol–water partition coefficient (Wildman–Crippen LogP) is 3.90. The topological polar surface area (TPSA) is 56.1 Å². The van der Waals surface area contributed by atoms with Gasteiger partial charge in [0.05, 0.1) is 12.9 Å². The van der Waals surface area contributed by atoms with E-state index >= 15 is 0 Å². The Morgan fingerprint density at radius 3 is 2.76 bits per heavy atom. The number of aromatic nitrogens is 2. The summed E-state index contributed by atoms with van der Waals surface area (Å²) in [4.78, 5) is 17.3. The fourth-order valence-corrected chi connectivity index (χ4v) is 3.54. The summed E-state index contributed by atoms with van der Waals surface area (Å²) in [6.07, 6.45) is 8.16. The third kappa shape index (κ3) is 5.19. The highest BCUT2D eigenvalue weighted by atomic mass is 32.1. The molecular formula is C19H21N3O2S. The molecule has 25 heavy (non-hydrogen) atoms. The maximum atomic E-state index is 10.5. The molecule has 1 amide bonds. The lowest BCUT2D eigenvalue weighted by Gasteiger charge is -2.20. The number of nitrogens with one attached hydrogen (secondary N) is 1. The number of thiophene rings is 1. The Morgan fingerprint density at radius 2 is 2.12 bits per heavy atom. The molecule has 3 aromatic rings. The van der Waals surface area contributed by atoms with Gasteiger partial charge >= 0.3 is 0 Å². The van der Waals surface area contributed by atoms with Gasteiger partial charge in [-0.3, -0.25) is 4.79 Å². The molecule has 2 aromatic heterocycles. The van der Waals surface area contributed by atoms with Gasteiger partial charge in [0.1, 0.15) is 11.9 Å². The van der Waals surface area contributed by atoms with Gasteiger partial charge < -0.3 is 14.6 Å². The number of carbonyl (C=O) groups is 1. The fourth-order valence-electron chi connectivity index (χ4n) is 2.63. The van der Waals surface area contributed by atoms with Gasteiger partial charge in [0.2, 0.25) is 6.41 Å². The smallest absolute Gasteiger partial charge is 0.211 e. The van der Waals surface area contributed by atoms with Crippen molar-refractivity contribution in [1.29, 1.82) is 0 Å². The number of rotatable bonds is 9. The van der Waals surface area contributed by atoms with Crippen LogP contribution < -0.4 is 10.1 Å². The Kier molecular flexibility index (Phi) is 5.85. The van der Waals surface area contributed by atoms with Crippen LogP contribution in [0.1, 0.15) is 16.2 Å². The Hall–Kier alpha value is -2.60. The number of anilines is 1. The van der Waals surface area contributed by atoms with Crippen LogP contribution in [0.2, 0.25) is 0 Å². The number of hydrogen-bond acceptors (Lipinski definition) is 4. The Labute approximate surface area is 151 Å². The zero-order valence-electron chi connectivity index (χ0n) is 14.1. The summed E-state index contributed by atoms with van der Waals surface area (Å²) >= 11 is 1.84. The Morgan fingerprint density at radius 1 is 1.28 bits per heavy atom. The Bertz CT molecular complexity index is 781. The third-order valence-corrected chi connectivity index (χ3v) is 4.93. The monoisotopic (exact) mass is 355 g/mol. The average Bonchev–Trinajstić information content (AvgIpc) is 3.26. The van der Waals surface area contributed by atoms with Crippen LogP contribution in [-0.4, -0.2) is 22.1 Å². The molecule has 0 aliphatic carbocycles. The van der Waals surface area contributed by atoms with Crippen LogP contribution >= 0.6 is 11.3 Å². The van der Waals surface area contributed by atoms with E-state index in [1.54, 1.807) is 6.20 Å². The standard InChI is InChI=1S/C19H21N3O2S/c1-15-2-8-19(25-15)9-7-18(12-22-11-10-20-13-22)24-17-5-3-16(4-6-17)21-14-23/h2-6,8,10-11,13-14,18H,7,9,12H2,1H3,(H,21,23). The van der Waals surface area contributed by atoms with Crippen molar-refractivity contribution in [3.8, 4) is 5.75 Å². The molecule has 0 bridgehead atoms. The predicted molar refractivity (Wildman–Crippen MR) is 100 cm³/mol. The lowest BCUT2D eigenvalue weighted by atomic mass is 10.1. The van der Waals surface area contributed by atoms with E-state index in [0.29, 0.717) is 6.41 Å². The van der Waals surface area contributed by atoms with Gasteiger partial charge in [-0.2, -0.15) is 0 Å². The number of benzene rings is 1. The van der Waals surface area contributed by atoms with Crippen LogP contribution in [0.15, 0.2) is 55.1 Å². The molecule has 1 atom stereocenters. The second kappa shape index (κ2) is 8.48. The van der Waals surface area contributed by atoms with E-state index in [9.17, 15) is 4.79 Å². The van der Waals surface area contributed by atoms with Crippen molar-refractivity contribution in [2.24, 2.45) is 0 Å². The number of imidazole rings is 1. The lowest BCUT2D eigenvalue weighted by molar-refractivity contribution is -0.105. The van der Waals surface area contributed by atoms with Crippen LogP contribution in [0.25, 0.3) is 0 Å². The van der Waals surface area contributed by atoms with Gasteiger partial charge in [0.25, 0.3) is 0 Å². The zero-order valence-corrected chi connectivity index (χ0v) is 14.9. The molecule has 2 heterocycles. The molecule has 0 saturated carbocycles. The molecule has 3 rings (SSSR count). The first-order valence-corrected chi connectivity index (χ1v) is 9.02. The molecule has 6 heteroatoms. The lowest BCUT2D eigenvalue weighted by Crippen LogP contribution is -2.23. The SMILES string of the molecule is Cc1ccc(CCC(Cn2ccnc2)Oc2ccc(NC=O)cc2)s1. The third-order valence-electron chi connectivity index (χ3n) is 3.87. The fraction of sp³-hybridized carbons (Fsp3) is 0.263. The number of aryl methyl sites for hydroxylation is 2. The molecule has 0 spiro atoms. The molecule has 130 valence electrons. The molecule has 1 N–H and O–H groups in total. The van der Waals surface area contributed by atoms with Crippen LogP contribution in [0.5, 0.6) is 5.75 Å². The molecule has 1 unspecified atom stereocenters. The van der Waals surface area contributed by atoms with Gasteiger partial charge in [0, 0.05) is 27.8 Å². The van der Waals surface area contributed by atoms with Crippen LogP contribution in [0.4, 0.5) is 5.69 Å². The summed E-state index contributed by atoms with van der Waals surface area (Å²) in [7, 11) is 0. The van der Waals surface area contributed by atoms with Crippen LogP contribution in [0, 0.1) is 6.92 Å². The van der Waals surface area contributed by atoms with Crippen molar-refractivity contribution in [2.45, 2.75) is 32.4 Å². The molecule has 0 fully saturated rings. The molecule has 1 aromatic carbocycles. The first kappa shape index (κ1) is 17.2. The largest absolute Gasteiger partial charge is 0.489 e. The molecule has 0 radical (unpaired) electrons. The molecule has 0 aliphatic heterocycles. The summed E-state index contributed by atoms with van der Waals surface area (Å²) < 4.78 is 8.22. The highest BCUT2D eigenvalue weighted by Gasteiger charge is 2.13. The Balaban J connectivity index is 1.65. The highest BCUT2D eigenvalue weighted by molar-refractivity contribution is 7.11. The average molecular weight is 355 g/mol. The highest BCUT2D eigenvalue weighted by Crippen LogP contribution is 2.21. The van der Waals surface area contributed by atoms with E-state index in [4.69, 9.17) is 4.74 Å². The number of hydrogen-bond donors (Lipinski definition) is 1. The van der Waals surface area contributed by atoms with Gasteiger partial charge in [0.15, 0.2) is 0 Å². The van der Waals surface area contributed by atoms with Crippen LogP contribution in [0.3, 0.4) is 0 Å². The first-order valence-electron chi connectivity index (χ1n) is 8.21. The van der Waals surface area contributed by atoms with E-state index in [-0.39, 0.29) is 6.10 Å². The van der Waals surface area contributed by atoms with Crippen molar-refractivity contribution in [3.05, 3.63) is 64.9 Å². The van der Waals surface area contributed by atoms with Crippen molar-refractivity contribution in [2.75, 3.05) is 5.32 Å². The van der Waals surface area contributed by atoms with Gasteiger partial charge in [-0.05, 0) is 56.2 Å². The molecular weight excluding hydrogens is 334 g/mol. The minimum atomic E-state index is 0.0430. The van der Waals surface area contributed by atoms with E-state index in [2.05, 4.69) is 29.4 Å². The second-order valence-electron chi connectivity index (χ2n) is 5.84. The van der Waals surface area contributed by atoms with Crippen molar-refractivity contribution < 1.29 is 9.53 Å². The molecule has 0 saturated heterocycles. The second-order valence-corrected chi connectivity index (χ2v) is 7.21. The number of ether oxygens (including phenoxy) is 1. The van der Waals surface area contributed by atoms with Crippen molar-refractivity contribution >= 4 is 23.4 Å². The van der Waals surface area contributed by atoms with E-state index in [1.807, 2.05) is 52.7 Å². The summed E-state index contributed by atoms with van der Waals surface area (Å²) in [5.41, 5.74) is 0.752. The maximum absolute atomic E-state index is 10.5. The summed E-state index contributed by atoms with van der Waals surface area (Å²) in [6, 6.07) is 11.8. The van der Waals surface area contributed by atoms with Crippen LogP contribution in [-0.2, 0) is 17.8 Å². The summed E-state index contributed by atoms with van der Waals surface area (Å²) in [5, 5.41) is 2.63. The normalized spacial score (nSPS) is 11.9. The quantitative estimate of drug-likeness (QED) is 0.592. The summed E-state index contributed by atoms with van der Waals surface area (Å²) in [6.45, 7) is 2.88. The van der Waals surface area contributed by atoms with Crippen molar-refractivity contribution in [1.82, 2.24) is 9.55 Å². The maximum Gasteiger partial charge on any atom is 0.211 e. The van der Waals surface area contributed by atoms with Gasteiger partial charge in [-0.25, -0.2) is 4.98 Å². The van der Waals surface area contributed by atoms with Crippen molar-refractivity contribution in [3.63, 3.8) is 0 Å².